The van der Waals surface area contributed by atoms with Crippen molar-refractivity contribution in [3.05, 3.63) is 279 Å². The predicted molar refractivity (Wildman–Crippen MR) is 337 cm³/mol. The van der Waals surface area contributed by atoms with Crippen LogP contribution in [0.15, 0.2) is 279 Å². The zero-order valence-corrected chi connectivity index (χ0v) is 44.1. The van der Waals surface area contributed by atoms with Crippen LogP contribution in [0.2, 0.25) is 0 Å². The predicted octanol–water partition coefficient (Wildman–Crippen LogP) is 18.3. The number of nitrogens with zero attached hydrogens (tertiary/aromatic N) is 8. The number of hydrogen-bond donors (Lipinski definition) is 0. The highest BCUT2D eigenvalue weighted by molar-refractivity contribution is 6.28. The van der Waals surface area contributed by atoms with Gasteiger partial charge in [0, 0.05) is 88.5 Å². The molecular formula is C74H46N8. The van der Waals surface area contributed by atoms with Crippen LogP contribution in [0.5, 0.6) is 0 Å². The van der Waals surface area contributed by atoms with Gasteiger partial charge in [0.15, 0.2) is 17.5 Å². The Kier molecular flexibility index (Phi) is 10.1. The van der Waals surface area contributed by atoms with Gasteiger partial charge >= 0.3 is 0 Å². The summed E-state index contributed by atoms with van der Waals surface area (Å²) >= 11 is 0. The van der Waals surface area contributed by atoms with E-state index in [1.807, 2.05) is 48.8 Å². The lowest BCUT2D eigenvalue weighted by atomic mass is 9.99. The fourth-order valence-corrected chi connectivity index (χ4v) is 13.0. The Morgan fingerprint density at radius 2 is 0.659 bits per heavy atom. The molecule has 0 bridgehead atoms. The van der Waals surface area contributed by atoms with Gasteiger partial charge in [0.2, 0.25) is 0 Å². The van der Waals surface area contributed by atoms with Gasteiger partial charge in [-0.15, -0.1) is 0 Å². The second-order valence-electron chi connectivity index (χ2n) is 21.0. The van der Waals surface area contributed by atoms with Gasteiger partial charge < -0.3 is 18.3 Å². The van der Waals surface area contributed by atoms with E-state index in [4.69, 9.17) is 19.9 Å². The molecule has 0 aliphatic carbocycles. The summed E-state index contributed by atoms with van der Waals surface area (Å²) in [5, 5.41) is 9.48. The third-order valence-corrected chi connectivity index (χ3v) is 16.5. The molecule has 17 aromatic rings. The average molecular weight is 1050 g/mol. The Morgan fingerprint density at radius 1 is 0.256 bits per heavy atom. The molecule has 8 nitrogen and oxygen atoms in total. The Morgan fingerprint density at radius 3 is 1.15 bits per heavy atom. The number of para-hydroxylation sites is 6. The highest BCUT2D eigenvalue weighted by Gasteiger charge is 2.27. The smallest absolute Gasteiger partial charge is 0.164 e. The lowest BCUT2D eigenvalue weighted by Gasteiger charge is -2.19. The first-order valence-corrected chi connectivity index (χ1v) is 27.7. The normalized spacial score (nSPS) is 11.9. The Labute approximate surface area is 470 Å². The molecule has 0 spiro atoms. The largest absolute Gasteiger partial charge is 0.309 e. The molecule has 0 atom stereocenters. The molecule has 17 rings (SSSR count). The van der Waals surface area contributed by atoms with E-state index in [0.29, 0.717) is 17.5 Å². The van der Waals surface area contributed by atoms with Gasteiger partial charge in [0.1, 0.15) is 0 Å². The number of aromatic nitrogens is 8. The van der Waals surface area contributed by atoms with E-state index >= 15 is 0 Å². The first-order valence-electron chi connectivity index (χ1n) is 27.7. The van der Waals surface area contributed by atoms with Crippen LogP contribution in [0.4, 0.5) is 0 Å². The minimum absolute atomic E-state index is 0.570. The van der Waals surface area contributed by atoms with Gasteiger partial charge in [-0.25, -0.2) is 15.0 Å². The molecule has 382 valence electrons. The van der Waals surface area contributed by atoms with Crippen molar-refractivity contribution in [3.8, 4) is 68.0 Å². The second-order valence-corrected chi connectivity index (χ2v) is 21.0. The van der Waals surface area contributed by atoms with Gasteiger partial charge in [-0.05, 0) is 84.9 Å². The maximum atomic E-state index is 5.30. The molecule has 0 N–H and O–H groups in total. The van der Waals surface area contributed by atoms with E-state index in [1.165, 1.54) is 37.8 Å². The lowest BCUT2D eigenvalue weighted by Crippen LogP contribution is -2.04. The molecule has 0 aliphatic rings. The van der Waals surface area contributed by atoms with Crippen molar-refractivity contribution in [3.63, 3.8) is 0 Å². The van der Waals surface area contributed by atoms with Crippen LogP contribution in [0.25, 0.3) is 155 Å². The van der Waals surface area contributed by atoms with Gasteiger partial charge in [-0.2, -0.15) is 0 Å². The number of rotatable bonds is 8. The summed E-state index contributed by atoms with van der Waals surface area (Å²) in [6, 6.07) is 95.2. The first-order chi connectivity index (χ1) is 40.7. The van der Waals surface area contributed by atoms with Crippen molar-refractivity contribution in [2.24, 2.45) is 0 Å². The molecule has 0 saturated heterocycles. The van der Waals surface area contributed by atoms with Gasteiger partial charge in [-0.3, -0.25) is 4.98 Å². The molecule has 6 heterocycles. The lowest BCUT2D eigenvalue weighted by molar-refractivity contribution is 1.07. The highest BCUT2D eigenvalue weighted by atomic mass is 15.1. The van der Waals surface area contributed by atoms with E-state index in [0.717, 1.165) is 100.0 Å². The summed E-state index contributed by atoms with van der Waals surface area (Å²) in [6.07, 6.45) is 3.96. The first kappa shape index (κ1) is 45.8. The molecule has 0 saturated carbocycles. The van der Waals surface area contributed by atoms with Crippen molar-refractivity contribution in [2.75, 3.05) is 0 Å². The van der Waals surface area contributed by atoms with Crippen molar-refractivity contribution in [2.45, 2.75) is 0 Å². The third kappa shape index (κ3) is 6.85. The Hall–Kier alpha value is -11.2. The van der Waals surface area contributed by atoms with Crippen LogP contribution in [0, 0.1) is 0 Å². The number of hydrogen-bond acceptors (Lipinski definition) is 4. The van der Waals surface area contributed by atoms with E-state index < -0.39 is 0 Å². The highest BCUT2D eigenvalue weighted by Crippen LogP contribution is 2.47. The van der Waals surface area contributed by atoms with E-state index in [2.05, 4.69) is 249 Å². The standard InChI is InChI=1S/C74H46N8/c1-5-21-47(22-6-1)72-76-73(48-23-7-2-8-24-48)78-74(77-72)49-37-40-64(81-62-35-19-15-31-57(62)68-65(81)41-38-55-52-29-13-17-33-60(52)79(70(55)68)50-25-9-3-10-26-50)59(45-49)54-43-44-75-46-67(54)82-63-36-20-16-32-58(63)69-66(82)42-39-56-53-30-14-18-34-61(53)80(71(56)69)51-27-11-4-12-28-51/h1-46H. The molecule has 0 radical (unpaired) electrons. The molecule has 0 amide bonds. The summed E-state index contributed by atoms with van der Waals surface area (Å²) in [4.78, 5) is 20.7. The van der Waals surface area contributed by atoms with Crippen molar-refractivity contribution in [1.29, 1.82) is 0 Å². The van der Waals surface area contributed by atoms with Gasteiger partial charge in [0.25, 0.3) is 0 Å². The van der Waals surface area contributed by atoms with Crippen molar-refractivity contribution >= 4 is 87.2 Å². The SMILES string of the molecule is c1ccc(-c2nc(-c3ccccc3)nc(-c3ccc(-n4c5ccccc5c5c4ccc4c6ccccc6n(-c6ccccc6)c45)c(-c4ccncc4-n4c5ccccc5c5c4ccc4c6ccccc6n(-c6ccccc6)c45)c3)n2)cc1. The monoisotopic (exact) mass is 1050 g/mol. The number of benzene rings is 11. The van der Waals surface area contributed by atoms with Crippen molar-refractivity contribution in [1.82, 2.24) is 38.2 Å². The van der Waals surface area contributed by atoms with Crippen molar-refractivity contribution < 1.29 is 0 Å². The zero-order chi connectivity index (χ0) is 53.8. The Balaban J connectivity index is 0.986. The molecule has 0 unspecified atom stereocenters. The number of fused-ring (bicyclic) bond motifs is 14. The minimum Gasteiger partial charge on any atom is -0.309 e. The quantitative estimate of drug-likeness (QED) is 0.152. The zero-order valence-electron chi connectivity index (χ0n) is 44.1. The summed E-state index contributed by atoms with van der Waals surface area (Å²) in [5.41, 5.74) is 17.8. The van der Waals surface area contributed by atoms with Crippen LogP contribution >= 0.6 is 0 Å². The third-order valence-electron chi connectivity index (χ3n) is 16.5. The summed E-state index contributed by atoms with van der Waals surface area (Å²) < 4.78 is 9.77. The maximum Gasteiger partial charge on any atom is 0.164 e. The molecule has 0 fully saturated rings. The van der Waals surface area contributed by atoms with E-state index in [1.54, 1.807) is 0 Å². The fourth-order valence-electron chi connectivity index (χ4n) is 13.0. The molecular weight excluding hydrogens is 1000 g/mol. The van der Waals surface area contributed by atoms with Crippen LogP contribution in [-0.2, 0) is 0 Å². The second kappa shape index (κ2) is 18.2. The minimum atomic E-state index is 0.570. The fraction of sp³-hybridized carbons (Fsp3) is 0. The molecule has 11 aromatic carbocycles. The van der Waals surface area contributed by atoms with Crippen LogP contribution in [0.1, 0.15) is 0 Å². The molecule has 82 heavy (non-hydrogen) atoms. The number of pyridine rings is 1. The van der Waals surface area contributed by atoms with Crippen LogP contribution in [-0.4, -0.2) is 38.2 Å². The topological polar surface area (TPSA) is 71.3 Å². The van der Waals surface area contributed by atoms with Crippen LogP contribution < -0.4 is 0 Å². The van der Waals surface area contributed by atoms with E-state index in [9.17, 15) is 0 Å². The summed E-state index contributed by atoms with van der Waals surface area (Å²) in [6.45, 7) is 0. The average Bonchev–Trinajstić information content (AvgIpc) is 2.67. The molecule has 6 aromatic heterocycles. The maximum absolute atomic E-state index is 5.30. The van der Waals surface area contributed by atoms with Gasteiger partial charge in [0.05, 0.1) is 61.7 Å². The summed E-state index contributed by atoms with van der Waals surface area (Å²) in [5.74, 6) is 1.77. The molecule has 8 heteroatoms. The van der Waals surface area contributed by atoms with Gasteiger partial charge in [-0.1, -0.05) is 182 Å². The molecule has 0 aliphatic heterocycles. The Bertz CT molecular complexity index is 5330. The van der Waals surface area contributed by atoms with E-state index in [-0.39, 0.29) is 0 Å². The van der Waals surface area contributed by atoms with Crippen LogP contribution in [0.3, 0.4) is 0 Å². The summed E-state index contributed by atoms with van der Waals surface area (Å²) in [7, 11) is 0.